The Hall–Kier alpha value is -0.970. The zero-order valence-electron chi connectivity index (χ0n) is 10.6. The first-order valence-corrected chi connectivity index (χ1v) is 7.07. The molecule has 0 radical (unpaired) electrons. The molecule has 0 fully saturated rings. The Morgan fingerprint density at radius 3 is 2.53 bits per heavy atom. The van der Waals surface area contributed by atoms with Gasteiger partial charge in [0.05, 0.1) is 4.34 Å². The lowest BCUT2D eigenvalue weighted by Crippen LogP contribution is -2.17. The van der Waals surface area contributed by atoms with Crippen molar-refractivity contribution in [2.24, 2.45) is 0 Å². The summed E-state index contributed by atoms with van der Waals surface area (Å²) in [5.74, 6) is -1.63. The summed E-state index contributed by atoms with van der Waals surface area (Å²) in [4.78, 5) is 1.09. The summed E-state index contributed by atoms with van der Waals surface area (Å²) in [5.41, 5.74) is 1.78. The van der Waals surface area contributed by atoms with Crippen molar-refractivity contribution in [3.8, 4) is 0 Å². The predicted molar refractivity (Wildman–Crippen MR) is 75.9 cm³/mol. The smallest absolute Gasteiger partial charge is 0.159 e. The van der Waals surface area contributed by atoms with Crippen LogP contribution in [0, 0.1) is 18.6 Å². The topological polar surface area (TPSA) is 12.0 Å². The molecule has 0 saturated heterocycles. The quantitative estimate of drug-likeness (QED) is 0.877. The van der Waals surface area contributed by atoms with Crippen LogP contribution in [-0.2, 0) is 6.42 Å². The lowest BCUT2D eigenvalue weighted by atomic mass is 10.0. The van der Waals surface area contributed by atoms with Gasteiger partial charge in [-0.3, -0.25) is 0 Å². The van der Waals surface area contributed by atoms with Crippen LogP contribution in [-0.4, -0.2) is 7.05 Å². The second-order valence-corrected chi connectivity index (χ2v) is 6.09. The van der Waals surface area contributed by atoms with E-state index in [9.17, 15) is 8.78 Å². The second kappa shape index (κ2) is 5.99. The molecule has 5 heteroatoms. The number of thiophene rings is 1. The number of likely N-dealkylation sites (N-methyl/N-ethyl adjacent to an activating group) is 1. The van der Waals surface area contributed by atoms with Crippen molar-refractivity contribution in [3.05, 3.63) is 56.2 Å². The van der Waals surface area contributed by atoms with Gasteiger partial charge >= 0.3 is 0 Å². The van der Waals surface area contributed by atoms with E-state index in [2.05, 4.69) is 5.32 Å². The zero-order valence-corrected chi connectivity index (χ0v) is 12.2. The van der Waals surface area contributed by atoms with Gasteiger partial charge in [0.2, 0.25) is 0 Å². The van der Waals surface area contributed by atoms with Gasteiger partial charge in [0, 0.05) is 10.9 Å². The molecule has 1 heterocycles. The van der Waals surface area contributed by atoms with Crippen molar-refractivity contribution in [1.82, 2.24) is 5.32 Å². The largest absolute Gasteiger partial charge is 0.312 e. The summed E-state index contributed by atoms with van der Waals surface area (Å²) in [6, 6.07) is 6.06. The number of nitrogens with one attached hydrogen (secondary N) is 1. The molecule has 2 rings (SSSR count). The van der Waals surface area contributed by atoms with Gasteiger partial charge in [0.1, 0.15) is 0 Å². The molecule has 1 unspecified atom stereocenters. The summed E-state index contributed by atoms with van der Waals surface area (Å²) in [6.45, 7) is 1.95. The fourth-order valence-electron chi connectivity index (χ4n) is 1.90. The van der Waals surface area contributed by atoms with Crippen molar-refractivity contribution in [3.63, 3.8) is 0 Å². The molecule has 19 heavy (non-hydrogen) atoms. The molecule has 0 spiro atoms. The van der Waals surface area contributed by atoms with E-state index in [1.165, 1.54) is 17.4 Å². The molecular weight excluding hydrogens is 288 g/mol. The highest BCUT2D eigenvalue weighted by Gasteiger charge is 2.15. The maximum atomic E-state index is 13.2. The molecule has 0 aliphatic rings. The molecule has 0 amide bonds. The average Bonchev–Trinajstić information content (AvgIpc) is 2.71. The van der Waals surface area contributed by atoms with Crippen LogP contribution in [0.4, 0.5) is 8.78 Å². The van der Waals surface area contributed by atoms with Crippen LogP contribution in [0.2, 0.25) is 4.34 Å². The molecular formula is C14H14ClF2NS. The Bertz CT molecular complexity index is 563. The standard InChI is InChI=1S/C14H14ClF2NS/c1-8-5-13(19-14(8)15)12(18-2)7-9-3-4-10(16)11(17)6-9/h3-6,12,18H,7H2,1-2H3. The SMILES string of the molecule is CNC(Cc1ccc(F)c(F)c1)c1cc(C)c(Cl)s1. The molecule has 1 atom stereocenters. The number of benzene rings is 1. The Kier molecular flexibility index (Phi) is 4.55. The fourth-order valence-corrected chi connectivity index (χ4v) is 3.23. The van der Waals surface area contributed by atoms with E-state index < -0.39 is 11.6 Å². The van der Waals surface area contributed by atoms with Gasteiger partial charge in [0.25, 0.3) is 0 Å². The molecule has 2 aromatic rings. The van der Waals surface area contributed by atoms with E-state index in [-0.39, 0.29) is 6.04 Å². The summed E-state index contributed by atoms with van der Waals surface area (Å²) >= 11 is 7.57. The average molecular weight is 302 g/mol. The van der Waals surface area contributed by atoms with Crippen molar-refractivity contribution in [1.29, 1.82) is 0 Å². The maximum absolute atomic E-state index is 13.2. The van der Waals surface area contributed by atoms with Crippen LogP contribution >= 0.6 is 22.9 Å². The summed E-state index contributed by atoms with van der Waals surface area (Å²) < 4.78 is 26.8. The highest BCUT2D eigenvalue weighted by molar-refractivity contribution is 7.16. The van der Waals surface area contributed by atoms with Crippen LogP contribution in [0.1, 0.15) is 22.0 Å². The Morgan fingerprint density at radius 2 is 2.00 bits per heavy atom. The monoisotopic (exact) mass is 301 g/mol. The van der Waals surface area contributed by atoms with E-state index in [1.807, 2.05) is 20.0 Å². The van der Waals surface area contributed by atoms with Crippen LogP contribution in [0.15, 0.2) is 24.3 Å². The molecule has 0 aliphatic heterocycles. The van der Waals surface area contributed by atoms with Crippen molar-refractivity contribution < 1.29 is 8.78 Å². The third-order valence-electron chi connectivity index (χ3n) is 2.99. The highest BCUT2D eigenvalue weighted by atomic mass is 35.5. The molecule has 102 valence electrons. The van der Waals surface area contributed by atoms with Crippen LogP contribution in [0.5, 0.6) is 0 Å². The normalized spacial score (nSPS) is 12.7. The van der Waals surface area contributed by atoms with E-state index >= 15 is 0 Å². The van der Waals surface area contributed by atoms with E-state index in [0.29, 0.717) is 6.42 Å². The minimum atomic E-state index is -0.820. The second-order valence-electron chi connectivity index (χ2n) is 4.40. The van der Waals surface area contributed by atoms with Gasteiger partial charge in [-0.05, 0) is 49.7 Å². The first kappa shape index (κ1) is 14.4. The molecule has 1 aromatic carbocycles. The minimum absolute atomic E-state index is 0.0426. The number of hydrogen-bond donors (Lipinski definition) is 1. The van der Waals surface area contributed by atoms with Gasteiger partial charge in [0.15, 0.2) is 11.6 Å². The summed E-state index contributed by atoms with van der Waals surface area (Å²) in [5, 5.41) is 3.18. The number of halogens is 3. The first-order chi connectivity index (χ1) is 9.01. The number of aryl methyl sites for hydroxylation is 1. The predicted octanol–water partition coefficient (Wildman–Crippen LogP) is 4.49. The molecule has 1 nitrogen and oxygen atoms in total. The first-order valence-electron chi connectivity index (χ1n) is 5.88. The van der Waals surface area contributed by atoms with E-state index in [0.717, 1.165) is 26.4 Å². The zero-order chi connectivity index (χ0) is 14.0. The summed E-state index contributed by atoms with van der Waals surface area (Å²) in [7, 11) is 1.84. The van der Waals surface area contributed by atoms with E-state index in [1.54, 1.807) is 6.07 Å². The fraction of sp³-hybridized carbons (Fsp3) is 0.286. The van der Waals surface area contributed by atoms with Crippen LogP contribution < -0.4 is 5.32 Å². The van der Waals surface area contributed by atoms with E-state index in [4.69, 9.17) is 11.6 Å². The van der Waals surface area contributed by atoms with Gasteiger partial charge in [-0.1, -0.05) is 17.7 Å². The summed E-state index contributed by atoms with van der Waals surface area (Å²) in [6.07, 6.45) is 0.587. The van der Waals surface area contributed by atoms with Crippen LogP contribution in [0.25, 0.3) is 0 Å². The highest BCUT2D eigenvalue weighted by Crippen LogP contribution is 2.32. The maximum Gasteiger partial charge on any atom is 0.159 e. The molecule has 0 aliphatic carbocycles. The third-order valence-corrected chi connectivity index (χ3v) is 4.66. The minimum Gasteiger partial charge on any atom is -0.312 e. The lowest BCUT2D eigenvalue weighted by Gasteiger charge is -2.14. The van der Waals surface area contributed by atoms with Crippen LogP contribution in [0.3, 0.4) is 0 Å². The van der Waals surface area contributed by atoms with Crippen molar-refractivity contribution >= 4 is 22.9 Å². The number of hydrogen-bond acceptors (Lipinski definition) is 2. The Balaban J connectivity index is 2.21. The van der Waals surface area contributed by atoms with Gasteiger partial charge in [-0.2, -0.15) is 0 Å². The van der Waals surface area contributed by atoms with Crippen molar-refractivity contribution in [2.45, 2.75) is 19.4 Å². The Morgan fingerprint density at radius 1 is 1.26 bits per heavy atom. The third kappa shape index (κ3) is 3.32. The molecule has 0 bridgehead atoms. The Labute approximate surface area is 120 Å². The lowest BCUT2D eigenvalue weighted by molar-refractivity contribution is 0.505. The van der Waals surface area contributed by atoms with Gasteiger partial charge in [-0.15, -0.1) is 11.3 Å². The van der Waals surface area contributed by atoms with Gasteiger partial charge in [-0.25, -0.2) is 8.78 Å². The number of rotatable bonds is 4. The van der Waals surface area contributed by atoms with Crippen molar-refractivity contribution in [2.75, 3.05) is 7.05 Å². The molecule has 1 aromatic heterocycles. The molecule has 0 saturated carbocycles. The molecule has 1 N–H and O–H groups in total. The van der Waals surface area contributed by atoms with Gasteiger partial charge < -0.3 is 5.32 Å².